The first-order valence-electron chi connectivity index (χ1n) is 5.65. The molecule has 0 aromatic carbocycles. The highest BCUT2D eigenvalue weighted by Crippen LogP contribution is 2.33. The molecule has 110 valence electrons. The van der Waals surface area contributed by atoms with Gasteiger partial charge in [0.15, 0.2) is 6.23 Å². The van der Waals surface area contributed by atoms with E-state index in [0.717, 1.165) is 22.2 Å². The Hall–Kier alpha value is -1.87. The van der Waals surface area contributed by atoms with Gasteiger partial charge in [-0.05, 0) is 19.1 Å². The van der Waals surface area contributed by atoms with Crippen LogP contribution in [0.1, 0.15) is 12.5 Å². The molecule has 1 N–H and O–H groups in total. The minimum atomic E-state index is -4.56. The second-order valence-corrected chi connectivity index (χ2v) is 4.22. The SMILES string of the molecule is CON1C(=O)N(c2cc(C(F)(F)F)ccn2)C(O)[C@H]1C. The van der Waals surface area contributed by atoms with E-state index in [1.54, 1.807) is 0 Å². The number of rotatable bonds is 2. The fourth-order valence-electron chi connectivity index (χ4n) is 1.93. The van der Waals surface area contributed by atoms with Crippen molar-refractivity contribution in [3.05, 3.63) is 23.9 Å². The highest BCUT2D eigenvalue weighted by molar-refractivity contribution is 5.93. The molecule has 0 bridgehead atoms. The largest absolute Gasteiger partial charge is 0.416 e. The van der Waals surface area contributed by atoms with Gasteiger partial charge >= 0.3 is 12.2 Å². The Morgan fingerprint density at radius 1 is 1.45 bits per heavy atom. The average Bonchev–Trinajstić information content (AvgIpc) is 2.59. The van der Waals surface area contributed by atoms with Gasteiger partial charge in [0, 0.05) is 6.20 Å². The third-order valence-corrected chi connectivity index (χ3v) is 2.98. The Kier molecular flexibility index (Phi) is 3.57. The molecule has 0 spiro atoms. The van der Waals surface area contributed by atoms with Crippen LogP contribution in [0.2, 0.25) is 0 Å². The van der Waals surface area contributed by atoms with Crippen LogP contribution >= 0.6 is 0 Å². The van der Waals surface area contributed by atoms with Crippen molar-refractivity contribution in [1.29, 1.82) is 0 Å². The number of alkyl halides is 3. The van der Waals surface area contributed by atoms with Gasteiger partial charge in [-0.3, -0.25) is 4.84 Å². The summed E-state index contributed by atoms with van der Waals surface area (Å²) in [7, 11) is 1.23. The number of nitrogens with zero attached hydrogens (tertiary/aromatic N) is 3. The summed E-state index contributed by atoms with van der Waals surface area (Å²) < 4.78 is 37.9. The number of aromatic nitrogens is 1. The van der Waals surface area contributed by atoms with Crippen LogP contribution in [0.3, 0.4) is 0 Å². The lowest BCUT2D eigenvalue weighted by Gasteiger charge is -2.19. The molecule has 2 rings (SSSR count). The number of amides is 2. The standard InChI is InChI=1S/C11H12F3N3O3/c1-6-9(18)16(10(19)17(6)20-2)8-5-7(3-4-15-8)11(12,13)14/h3-6,9,18H,1-2H3/t6-,9?/m1/s1. The van der Waals surface area contributed by atoms with E-state index in [4.69, 9.17) is 4.84 Å². The molecule has 0 radical (unpaired) electrons. The van der Waals surface area contributed by atoms with Crippen molar-refractivity contribution in [3.63, 3.8) is 0 Å². The quantitative estimate of drug-likeness (QED) is 0.899. The highest BCUT2D eigenvalue weighted by atomic mass is 19.4. The molecular weight excluding hydrogens is 279 g/mol. The summed E-state index contributed by atoms with van der Waals surface area (Å²) in [5, 5.41) is 10.8. The number of halogens is 3. The van der Waals surface area contributed by atoms with E-state index in [0.29, 0.717) is 6.07 Å². The van der Waals surface area contributed by atoms with Crippen molar-refractivity contribution >= 4 is 11.8 Å². The van der Waals surface area contributed by atoms with E-state index in [-0.39, 0.29) is 5.82 Å². The predicted octanol–water partition coefficient (Wildman–Crippen LogP) is 1.61. The number of hydrogen-bond donors (Lipinski definition) is 1. The zero-order valence-corrected chi connectivity index (χ0v) is 10.6. The Morgan fingerprint density at radius 2 is 2.10 bits per heavy atom. The summed E-state index contributed by atoms with van der Waals surface area (Å²) in [6.07, 6.45) is -4.98. The second-order valence-electron chi connectivity index (χ2n) is 4.22. The Labute approximate surface area is 112 Å². The van der Waals surface area contributed by atoms with Crippen molar-refractivity contribution in [2.45, 2.75) is 25.4 Å². The molecule has 1 aliphatic rings. The van der Waals surface area contributed by atoms with E-state index >= 15 is 0 Å². The molecule has 2 heterocycles. The highest BCUT2D eigenvalue weighted by Gasteiger charge is 2.45. The topological polar surface area (TPSA) is 65.9 Å². The summed E-state index contributed by atoms with van der Waals surface area (Å²) in [4.78, 5) is 21.2. The summed E-state index contributed by atoms with van der Waals surface area (Å²) in [6, 6.07) is -0.0239. The fourth-order valence-corrected chi connectivity index (χ4v) is 1.93. The number of anilines is 1. The number of urea groups is 1. The Balaban J connectivity index is 2.39. The minimum absolute atomic E-state index is 0.288. The van der Waals surface area contributed by atoms with Crippen LogP contribution in [0, 0.1) is 0 Å². The molecule has 1 aromatic rings. The second kappa shape index (κ2) is 4.91. The van der Waals surface area contributed by atoms with Crippen molar-refractivity contribution in [3.8, 4) is 0 Å². The summed E-state index contributed by atoms with van der Waals surface area (Å²) in [5.41, 5.74) is -0.953. The molecule has 2 atom stereocenters. The third-order valence-electron chi connectivity index (χ3n) is 2.98. The monoisotopic (exact) mass is 291 g/mol. The van der Waals surface area contributed by atoms with Crippen molar-refractivity contribution in [2.75, 3.05) is 12.0 Å². The predicted molar refractivity (Wildman–Crippen MR) is 61.4 cm³/mol. The van der Waals surface area contributed by atoms with Gasteiger partial charge in [-0.25, -0.2) is 14.7 Å². The maximum absolute atomic E-state index is 12.6. The summed E-state index contributed by atoms with van der Waals surface area (Å²) in [5.74, 6) is -0.288. The molecular formula is C11H12F3N3O3. The summed E-state index contributed by atoms with van der Waals surface area (Å²) in [6.45, 7) is 1.50. The average molecular weight is 291 g/mol. The minimum Gasteiger partial charge on any atom is -0.371 e. The van der Waals surface area contributed by atoms with Crippen molar-refractivity contribution < 1.29 is 27.9 Å². The van der Waals surface area contributed by atoms with Crippen molar-refractivity contribution in [2.24, 2.45) is 0 Å². The number of hydrogen-bond acceptors (Lipinski definition) is 4. The van der Waals surface area contributed by atoms with Crippen molar-refractivity contribution in [1.82, 2.24) is 10.0 Å². The zero-order valence-electron chi connectivity index (χ0n) is 10.6. The maximum atomic E-state index is 12.6. The number of pyridine rings is 1. The van der Waals surface area contributed by atoms with Crippen LogP contribution in [0.25, 0.3) is 0 Å². The fraction of sp³-hybridized carbons (Fsp3) is 0.455. The van der Waals surface area contributed by atoms with Gasteiger partial charge in [-0.15, -0.1) is 0 Å². The van der Waals surface area contributed by atoms with E-state index in [1.165, 1.54) is 14.0 Å². The van der Waals surface area contributed by atoms with Crippen LogP contribution in [0.5, 0.6) is 0 Å². The molecule has 1 aliphatic heterocycles. The van der Waals surface area contributed by atoms with E-state index < -0.39 is 30.0 Å². The Morgan fingerprint density at radius 3 is 2.60 bits per heavy atom. The van der Waals surface area contributed by atoms with Gasteiger partial charge in [0.1, 0.15) is 11.9 Å². The van der Waals surface area contributed by atoms with Crippen LogP contribution in [-0.2, 0) is 11.0 Å². The number of carbonyl (C=O) groups excluding carboxylic acids is 1. The van der Waals surface area contributed by atoms with Gasteiger partial charge in [-0.2, -0.15) is 18.2 Å². The molecule has 0 saturated carbocycles. The van der Waals surface area contributed by atoms with Crippen LogP contribution in [0.4, 0.5) is 23.8 Å². The number of aliphatic hydroxyl groups excluding tert-OH is 1. The smallest absolute Gasteiger partial charge is 0.371 e. The lowest BCUT2D eigenvalue weighted by molar-refractivity contribution is -0.137. The first-order valence-corrected chi connectivity index (χ1v) is 5.65. The zero-order chi connectivity index (χ0) is 15.1. The lowest BCUT2D eigenvalue weighted by Crippen LogP contribution is -2.36. The molecule has 0 aliphatic carbocycles. The molecule has 1 unspecified atom stereocenters. The molecule has 9 heteroatoms. The Bertz CT molecular complexity index is 523. The normalized spacial score (nSPS) is 23.6. The van der Waals surface area contributed by atoms with Crippen LogP contribution in [-0.4, -0.2) is 40.6 Å². The van der Waals surface area contributed by atoms with E-state index in [9.17, 15) is 23.1 Å². The molecule has 6 nitrogen and oxygen atoms in total. The molecule has 1 aromatic heterocycles. The van der Waals surface area contributed by atoms with Crippen LogP contribution < -0.4 is 4.90 Å². The third kappa shape index (κ3) is 2.29. The number of hydroxylamine groups is 2. The van der Waals surface area contributed by atoms with Gasteiger partial charge in [0.25, 0.3) is 0 Å². The van der Waals surface area contributed by atoms with Gasteiger partial charge in [-0.1, -0.05) is 0 Å². The first-order chi connectivity index (χ1) is 9.27. The lowest BCUT2D eigenvalue weighted by atomic mass is 10.2. The van der Waals surface area contributed by atoms with E-state index in [2.05, 4.69) is 4.98 Å². The molecule has 2 amide bonds. The molecule has 20 heavy (non-hydrogen) atoms. The van der Waals surface area contributed by atoms with Gasteiger partial charge in [0.2, 0.25) is 0 Å². The molecule has 1 saturated heterocycles. The van der Waals surface area contributed by atoms with Crippen LogP contribution in [0.15, 0.2) is 18.3 Å². The summed E-state index contributed by atoms with van der Waals surface area (Å²) >= 11 is 0. The van der Waals surface area contributed by atoms with Gasteiger partial charge < -0.3 is 5.11 Å². The molecule has 1 fully saturated rings. The first kappa shape index (κ1) is 14.5. The number of carbonyl (C=O) groups is 1. The van der Waals surface area contributed by atoms with Gasteiger partial charge in [0.05, 0.1) is 12.7 Å². The number of aliphatic hydroxyl groups is 1. The van der Waals surface area contributed by atoms with E-state index in [1.807, 2.05) is 0 Å². The maximum Gasteiger partial charge on any atom is 0.416 e.